The molecular weight excluding hydrogens is 218 g/mol. The normalized spacial score (nSPS) is 15.4. The van der Waals surface area contributed by atoms with Crippen LogP contribution < -0.4 is 5.32 Å². The lowest BCUT2D eigenvalue weighted by Crippen LogP contribution is -2.27. The maximum atomic E-state index is 11.7. The highest BCUT2D eigenvalue weighted by Crippen LogP contribution is 2.31. The highest BCUT2D eigenvalue weighted by atomic mass is 16.4. The van der Waals surface area contributed by atoms with Gasteiger partial charge in [0.05, 0.1) is 0 Å². The Morgan fingerprint density at radius 1 is 1.24 bits per heavy atom. The number of carboxylic acid groups (broad SMARTS) is 1. The van der Waals surface area contributed by atoms with Crippen LogP contribution in [0.3, 0.4) is 0 Å². The first-order chi connectivity index (χ1) is 8.16. The Hall–Kier alpha value is -2.10. The second-order valence-electron chi connectivity index (χ2n) is 4.04. The van der Waals surface area contributed by atoms with Gasteiger partial charge in [-0.25, -0.2) is 4.79 Å². The van der Waals surface area contributed by atoms with Crippen molar-refractivity contribution in [2.45, 2.75) is 12.8 Å². The highest BCUT2D eigenvalue weighted by Gasteiger charge is 2.22. The zero-order chi connectivity index (χ0) is 12.3. The zero-order valence-corrected chi connectivity index (χ0v) is 9.22. The van der Waals surface area contributed by atoms with Gasteiger partial charge in [0.1, 0.15) is 5.70 Å². The fourth-order valence-corrected chi connectivity index (χ4v) is 1.45. The summed E-state index contributed by atoms with van der Waals surface area (Å²) >= 11 is 0. The first kappa shape index (κ1) is 11.4. The van der Waals surface area contributed by atoms with Gasteiger partial charge in [0, 0.05) is 5.56 Å². The molecule has 0 unspecified atom stereocenters. The van der Waals surface area contributed by atoms with E-state index in [1.807, 2.05) is 0 Å². The van der Waals surface area contributed by atoms with Gasteiger partial charge in [0.15, 0.2) is 0 Å². The SMILES string of the molecule is O=C(O)/C(=C/C1CC1)NC(=O)c1ccccc1. The molecule has 0 spiro atoms. The van der Waals surface area contributed by atoms with Gasteiger partial charge < -0.3 is 10.4 Å². The molecule has 1 amide bonds. The molecule has 0 aliphatic heterocycles. The van der Waals surface area contributed by atoms with Crippen molar-refractivity contribution in [2.75, 3.05) is 0 Å². The smallest absolute Gasteiger partial charge is 0.352 e. The summed E-state index contributed by atoms with van der Waals surface area (Å²) in [6.45, 7) is 0. The summed E-state index contributed by atoms with van der Waals surface area (Å²) < 4.78 is 0. The van der Waals surface area contributed by atoms with Crippen LogP contribution in [0.15, 0.2) is 42.1 Å². The summed E-state index contributed by atoms with van der Waals surface area (Å²) in [6, 6.07) is 8.56. The second kappa shape index (κ2) is 4.82. The molecule has 1 aromatic rings. The highest BCUT2D eigenvalue weighted by molar-refractivity contribution is 6.00. The van der Waals surface area contributed by atoms with Crippen molar-refractivity contribution >= 4 is 11.9 Å². The van der Waals surface area contributed by atoms with Crippen molar-refractivity contribution in [3.05, 3.63) is 47.7 Å². The van der Waals surface area contributed by atoms with Crippen LogP contribution in [-0.2, 0) is 4.79 Å². The van der Waals surface area contributed by atoms with Crippen molar-refractivity contribution < 1.29 is 14.7 Å². The summed E-state index contributed by atoms with van der Waals surface area (Å²) in [5.74, 6) is -1.18. The van der Waals surface area contributed by atoms with E-state index in [1.165, 1.54) is 0 Å². The number of rotatable bonds is 4. The van der Waals surface area contributed by atoms with Crippen LogP contribution >= 0.6 is 0 Å². The Morgan fingerprint density at radius 2 is 1.88 bits per heavy atom. The van der Waals surface area contributed by atoms with E-state index < -0.39 is 5.97 Å². The molecule has 0 atom stereocenters. The van der Waals surface area contributed by atoms with E-state index in [0.29, 0.717) is 11.5 Å². The minimum absolute atomic E-state index is 0.0265. The number of carbonyl (C=O) groups is 2. The number of nitrogens with one attached hydrogen (secondary N) is 1. The molecule has 0 bridgehead atoms. The monoisotopic (exact) mass is 231 g/mol. The lowest BCUT2D eigenvalue weighted by molar-refractivity contribution is -0.133. The summed E-state index contributed by atoms with van der Waals surface area (Å²) in [7, 11) is 0. The molecular formula is C13H13NO3. The number of benzene rings is 1. The molecule has 0 radical (unpaired) electrons. The van der Waals surface area contributed by atoms with Gasteiger partial charge in [-0.3, -0.25) is 4.79 Å². The third-order valence-electron chi connectivity index (χ3n) is 2.54. The van der Waals surface area contributed by atoms with Crippen molar-refractivity contribution in [1.82, 2.24) is 5.32 Å². The lowest BCUT2D eigenvalue weighted by atomic mass is 10.2. The molecule has 0 heterocycles. The molecule has 1 aromatic carbocycles. The minimum Gasteiger partial charge on any atom is -0.477 e. The first-order valence-corrected chi connectivity index (χ1v) is 5.48. The Balaban J connectivity index is 2.08. The quantitative estimate of drug-likeness (QED) is 0.776. The number of carbonyl (C=O) groups excluding carboxylic acids is 1. The molecule has 1 saturated carbocycles. The van der Waals surface area contributed by atoms with Gasteiger partial charge in [-0.2, -0.15) is 0 Å². The van der Waals surface area contributed by atoms with Gasteiger partial charge in [-0.15, -0.1) is 0 Å². The van der Waals surface area contributed by atoms with Crippen molar-refractivity contribution in [2.24, 2.45) is 5.92 Å². The Labute approximate surface area is 99.0 Å². The van der Waals surface area contributed by atoms with Gasteiger partial charge in [-0.1, -0.05) is 24.3 Å². The van der Waals surface area contributed by atoms with Crippen LogP contribution in [0.5, 0.6) is 0 Å². The van der Waals surface area contributed by atoms with Crippen molar-refractivity contribution in [3.8, 4) is 0 Å². The van der Waals surface area contributed by atoms with Crippen LogP contribution in [0.4, 0.5) is 0 Å². The average molecular weight is 231 g/mol. The van der Waals surface area contributed by atoms with Gasteiger partial charge in [-0.05, 0) is 30.9 Å². The predicted molar refractivity (Wildman–Crippen MR) is 62.4 cm³/mol. The van der Waals surface area contributed by atoms with Crippen molar-refractivity contribution in [1.29, 1.82) is 0 Å². The summed E-state index contributed by atoms with van der Waals surface area (Å²) in [4.78, 5) is 22.7. The average Bonchev–Trinajstić information content (AvgIpc) is 3.13. The standard InChI is InChI=1S/C13H13NO3/c15-12(10-4-2-1-3-5-10)14-11(13(16)17)8-9-6-7-9/h1-5,8-9H,6-7H2,(H,14,15)(H,16,17)/b11-8-. The van der Waals surface area contributed by atoms with Gasteiger partial charge in [0.25, 0.3) is 5.91 Å². The fraction of sp³-hybridized carbons (Fsp3) is 0.231. The van der Waals surface area contributed by atoms with E-state index >= 15 is 0 Å². The molecule has 0 saturated heterocycles. The minimum atomic E-state index is -1.10. The number of aliphatic carboxylic acids is 1. The maximum Gasteiger partial charge on any atom is 0.352 e. The largest absolute Gasteiger partial charge is 0.477 e. The number of amides is 1. The lowest BCUT2D eigenvalue weighted by Gasteiger charge is -2.05. The Morgan fingerprint density at radius 3 is 2.41 bits per heavy atom. The topological polar surface area (TPSA) is 66.4 Å². The molecule has 4 nitrogen and oxygen atoms in total. The molecule has 17 heavy (non-hydrogen) atoms. The number of allylic oxidation sites excluding steroid dienone is 1. The number of carboxylic acids is 1. The van der Waals surface area contributed by atoms with Crippen LogP contribution in [0.2, 0.25) is 0 Å². The Kier molecular flexibility index (Phi) is 3.23. The van der Waals surface area contributed by atoms with Crippen LogP contribution in [0.25, 0.3) is 0 Å². The fourth-order valence-electron chi connectivity index (χ4n) is 1.45. The van der Waals surface area contributed by atoms with E-state index in [4.69, 9.17) is 5.11 Å². The molecule has 2 N–H and O–H groups in total. The summed E-state index contributed by atoms with van der Waals surface area (Å²) in [5, 5.41) is 11.4. The van der Waals surface area contributed by atoms with E-state index in [9.17, 15) is 9.59 Å². The van der Waals surface area contributed by atoms with Crippen LogP contribution in [0.1, 0.15) is 23.2 Å². The first-order valence-electron chi connectivity index (χ1n) is 5.48. The van der Waals surface area contributed by atoms with Gasteiger partial charge >= 0.3 is 5.97 Å². The molecule has 1 aliphatic carbocycles. The second-order valence-corrected chi connectivity index (χ2v) is 4.04. The van der Waals surface area contributed by atoms with Crippen molar-refractivity contribution in [3.63, 3.8) is 0 Å². The third-order valence-corrected chi connectivity index (χ3v) is 2.54. The predicted octanol–water partition coefficient (Wildman–Crippen LogP) is 1.79. The molecule has 4 heteroatoms. The molecule has 88 valence electrons. The van der Waals surface area contributed by atoms with E-state index in [2.05, 4.69) is 5.32 Å². The molecule has 1 aliphatic rings. The molecule has 2 rings (SSSR count). The van der Waals surface area contributed by atoms with Gasteiger partial charge in [0.2, 0.25) is 0 Å². The maximum absolute atomic E-state index is 11.7. The molecule has 1 fully saturated rings. The molecule has 0 aromatic heterocycles. The van der Waals surface area contributed by atoms with E-state index in [1.54, 1.807) is 36.4 Å². The number of hydrogen-bond acceptors (Lipinski definition) is 2. The van der Waals surface area contributed by atoms with Crippen LogP contribution in [0, 0.1) is 5.92 Å². The third kappa shape index (κ3) is 3.17. The number of hydrogen-bond donors (Lipinski definition) is 2. The zero-order valence-electron chi connectivity index (χ0n) is 9.22. The van der Waals surface area contributed by atoms with E-state index in [0.717, 1.165) is 12.8 Å². The van der Waals surface area contributed by atoms with Crippen LogP contribution in [-0.4, -0.2) is 17.0 Å². The summed E-state index contributed by atoms with van der Waals surface area (Å²) in [6.07, 6.45) is 3.61. The Bertz CT molecular complexity index is 461. The summed E-state index contributed by atoms with van der Waals surface area (Å²) in [5.41, 5.74) is 0.428. The van der Waals surface area contributed by atoms with E-state index in [-0.39, 0.29) is 11.6 Å².